The molecule has 0 fully saturated rings. The number of hydrogen-bond donors (Lipinski definition) is 0. The third kappa shape index (κ3) is 2.42. The Bertz CT molecular complexity index is 358. The van der Waals surface area contributed by atoms with E-state index >= 15 is 0 Å². The molecule has 0 radical (unpaired) electrons. The van der Waals surface area contributed by atoms with Crippen molar-refractivity contribution in [3.05, 3.63) is 41.7 Å². The summed E-state index contributed by atoms with van der Waals surface area (Å²) in [6, 6.07) is 4.45. The Morgan fingerprint density at radius 2 is 2.36 bits per heavy atom. The van der Waals surface area contributed by atoms with Gasteiger partial charge in [-0.2, -0.15) is 0 Å². The molecule has 0 saturated heterocycles. The normalized spacial score (nSPS) is 9.57. The van der Waals surface area contributed by atoms with Crippen molar-refractivity contribution in [1.82, 2.24) is 0 Å². The van der Waals surface area contributed by atoms with Crippen molar-refractivity contribution in [1.29, 1.82) is 0 Å². The van der Waals surface area contributed by atoms with E-state index < -0.39 is 0 Å². The first-order valence-electron chi connectivity index (χ1n) is 4.15. The maximum atomic E-state index is 13.0. The van der Waals surface area contributed by atoms with Gasteiger partial charge in [0.05, 0.1) is 13.5 Å². The lowest BCUT2D eigenvalue weighted by atomic mass is 10.1. The van der Waals surface area contributed by atoms with Crippen molar-refractivity contribution in [2.24, 2.45) is 0 Å². The first kappa shape index (κ1) is 10.4. The molecule has 1 aromatic carbocycles. The van der Waals surface area contributed by atoms with Gasteiger partial charge in [0.2, 0.25) is 0 Å². The maximum Gasteiger partial charge on any atom is 0.309 e. The van der Waals surface area contributed by atoms with E-state index in [1.807, 2.05) is 0 Å². The quantitative estimate of drug-likeness (QED) is 0.689. The van der Waals surface area contributed by atoms with E-state index in [1.54, 1.807) is 12.1 Å². The summed E-state index contributed by atoms with van der Waals surface area (Å²) in [6.07, 6.45) is 1.56. The Kier molecular flexibility index (Phi) is 3.40. The number of carbonyl (C=O) groups excluding carboxylic acids is 1. The Morgan fingerprint density at radius 3 is 2.93 bits per heavy atom. The van der Waals surface area contributed by atoms with Crippen LogP contribution in [0, 0.1) is 5.82 Å². The number of carbonyl (C=O) groups is 1. The molecule has 0 unspecified atom stereocenters. The second-order valence-electron chi connectivity index (χ2n) is 2.81. The molecular formula is C11H11FO2. The number of halogens is 1. The molecule has 0 aliphatic heterocycles. The number of hydrogen-bond acceptors (Lipinski definition) is 2. The summed E-state index contributed by atoms with van der Waals surface area (Å²) < 4.78 is 17.5. The molecule has 0 aliphatic rings. The molecule has 0 heterocycles. The fourth-order valence-electron chi connectivity index (χ4n) is 1.10. The van der Waals surface area contributed by atoms with Crippen molar-refractivity contribution < 1.29 is 13.9 Å². The number of rotatable bonds is 3. The van der Waals surface area contributed by atoms with Gasteiger partial charge in [-0.05, 0) is 17.7 Å². The average molecular weight is 194 g/mol. The van der Waals surface area contributed by atoms with Gasteiger partial charge < -0.3 is 4.74 Å². The first-order valence-corrected chi connectivity index (χ1v) is 4.15. The Labute approximate surface area is 82.0 Å². The van der Waals surface area contributed by atoms with Gasteiger partial charge in [0.1, 0.15) is 5.82 Å². The first-order chi connectivity index (χ1) is 6.67. The zero-order valence-corrected chi connectivity index (χ0v) is 7.92. The summed E-state index contributed by atoms with van der Waals surface area (Å²) in [5, 5.41) is 0. The van der Waals surface area contributed by atoms with Crippen LogP contribution in [0.4, 0.5) is 4.39 Å². The van der Waals surface area contributed by atoms with Crippen LogP contribution in [-0.2, 0) is 16.0 Å². The van der Waals surface area contributed by atoms with Crippen molar-refractivity contribution in [2.75, 3.05) is 7.11 Å². The van der Waals surface area contributed by atoms with Gasteiger partial charge in [0.15, 0.2) is 0 Å². The van der Waals surface area contributed by atoms with Gasteiger partial charge in [0.25, 0.3) is 0 Å². The van der Waals surface area contributed by atoms with Gasteiger partial charge in [-0.25, -0.2) is 4.39 Å². The summed E-state index contributed by atoms with van der Waals surface area (Å²) in [5.74, 6) is -0.680. The summed E-state index contributed by atoms with van der Waals surface area (Å²) in [7, 11) is 1.32. The van der Waals surface area contributed by atoms with Crippen molar-refractivity contribution in [3.63, 3.8) is 0 Å². The molecule has 0 spiro atoms. The van der Waals surface area contributed by atoms with Crippen LogP contribution in [0.3, 0.4) is 0 Å². The summed E-state index contributed by atoms with van der Waals surface area (Å²) in [4.78, 5) is 10.9. The van der Waals surface area contributed by atoms with E-state index in [2.05, 4.69) is 11.3 Å². The topological polar surface area (TPSA) is 26.3 Å². The number of benzene rings is 1. The lowest BCUT2D eigenvalue weighted by molar-refractivity contribution is -0.139. The molecule has 74 valence electrons. The van der Waals surface area contributed by atoms with Crippen LogP contribution < -0.4 is 0 Å². The predicted octanol–water partition coefficient (Wildman–Crippen LogP) is 2.18. The van der Waals surface area contributed by atoms with Gasteiger partial charge in [-0.15, -0.1) is 0 Å². The van der Waals surface area contributed by atoms with Crippen LogP contribution in [0.25, 0.3) is 6.08 Å². The minimum atomic E-state index is -0.341. The number of ether oxygens (including phenoxy) is 1. The average Bonchev–Trinajstić information content (AvgIpc) is 2.20. The molecule has 14 heavy (non-hydrogen) atoms. The second kappa shape index (κ2) is 4.56. The predicted molar refractivity (Wildman–Crippen MR) is 52.2 cm³/mol. The smallest absolute Gasteiger partial charge is 0.309 e. The highest BCUT2D eigenvalue weighted by atomic mass is 19.1. The Hall–Kier alpha value is -1.64. The van der Waals surface area contributed by atoms with E-state index in [1.165, 1.54) is 19.3 Å². The van der Waals surface area contributed by atoms with E-state index in [4.69, 9.17) is 0 Å². The summed E-state index contributed by atoms with van der Waals surface area (Å²) in [6.45, 7) is 3.48. The molecule has 1 rings (SSSR count). The summed E-state index contributed by atoms with van der Waals surface area (Å²) in [5.41, 5.74) is 1.11. The van der Waals surface area contributed by atoms with Crippen LogP contribution in [0.1, 0.15) is 11.1 Å². The standard InChI is InChI=1S/C11H11FO2/c1-3-9-6-8(4-5-10(9)12)7-11(13)14-2/h3-6H,1,7H2,2H3. The fourth-order valence-corrected chi connectivity index (χ4v) is 1.10. The third-order valence-electron chi connectivity index (χ3n) is 1.86. The van der Waals surface area contributed by atoms with E-state index in [9.17, 15) is 9.18 Å². The number of esters is 1. The van der Waals surface area contributed by atoms with E-state index in [0.29, 0.717) is 11.1 Å². The van der Waals surface area contributed by atoms with Crippen molar-refractivity contribution >= 4 is 12.0 Å². The molecular weight excluding hydrogens is 183 g/mol. The largest absolute Gasteiger partial charge is 0.469 e. The Morgan fingerprint density at radius 1 is 1.64 bits per heavy atom. The lowest BCUT2D eigenvalue weighted by Gasteiger charge is -2.02. The molecule has 0 bridgehead atoms. The lowest BCUT2D eigenvalue weighted by Crippen LogP contribution is -2.04. The van der Waals surface area contributed by atoms with Gasteiger partial charge in [-0.3, -0.25) is 4.79 Å². The van der Waals surface area contributed by atoms with E-state index in [0.717, 1.165) is 0 Å². The van der Waals surface area contributed by atoms with Crippen LogP contribution in [-0.4, -0.2) is 13.1 Å². The van der Waals surface area contributed by atoms with E-state index in [-0.39, 0.29) is 18.2 Å². The van der Waals surface area contributed by atoms with Crippen molar-refractivity contribution in [2.45, 2.75) is 6.42 Å². The Balaban J connectivity index is 2.89. The maximum absolute atomic E-state index is 13.0. The molecule has 0 aromatic heterocycles. The van der Waals surface area contributed by atoms with Crippen LogP contribution in [0.15, 0.2) is 24.8 Å². The van der Waals surface area contributed by atoms with Crippen molar-refractivity contribution in [3.8, 4) is 0 Å². The molecule has 3 heteroatoms. The van der Waals surface area contributed by atoms with Crippen LogP contribution in [0.2, 0.25) is 0 Å². The molecule has 1 aromatic rings. The minimum absolute atomic E-state index is 0.150. The van der Waals surface area contributed by atoms with Gasteiger partial charge >= 0.3 is 5.97 Å². The molecule has 0 amide bonds. The zero-order valence-electron chi connectivity index (χ0n) is 7.92. The van der Waals surface area contributed by atoms with Gasteiger partial charge in [-0.1, -0.05) is 18.7 Å². The third-order valence-corrected chi connectivity index (χ3v) is 1.86. The number of methoxy groups -OCH3 is 1. The molecule has 0 N–H and O–H groups in total. The highest BCUT2D eigenvalue weighted by Crippen LogP contribution is 2.12. The zero-order chi connectivity index (χ0) is 10.6. The monoisotopic (exact) mass is 194 g/mol. The minimum Gasteiger partial charge on any atom is -0.469 e. The molecule has 0 aliphatic carbocycles. The SMILES string of the molecule is C=Cc1cc(CC(=O)OC)ccc1F. The highest BCUT2D eigenvalue weighted by molar-refractivity contribution is 5.72. The van der Waals surface area contributed by atoms with Gasteiger partial charge in [0, 0.05) is 5.56 Å². The molecule has 2 nitrogen and oxygen atoms in total. The van der Waals surface area contributed by atoms with Crippen LogP contribution >= 0.6 is 0 Å². The molecule has 0 atom stereocenters. The molecule has 0 saturated carbocycles. The highest BCUT2D eigenvalue weighted by Gasteiger charge is 2.05. The second-order valence-corrected chi connectivity index (χ2v) is 2.81. The summed E-state index contributed by atoms with van der Waals surface area (Å²) >= 11 is 0. The fraction of sp³-hybridized carbons (Fsp3) is 0.182. The van der Waals surface area contributed by atoms with Crippen LogP contribution in [0.5, 0.6) is 0 Å².